The van der Waals surface area contributed by atoms with Crippen LogP contribution in [-0.2, 0) is 5.60 Å². The van der Waals surface area contributed by atoms with Crippen LogP contribution in [0.2, 0.25) is 0 Å². The third kappa shape index (κ3) is 2.13. The van der Waals surface area contributed by atoms with Gasteiger partial charge in [-0.2, -0.15) is 0 Å². The molecule has 2 atom stereocenters. The quantitative estimate of drug-likeness (QED) is 0.842. The van der Waals surface area contributed by atoms with E-state index in [2.05, 4.69) is 19.0 Å². The van der Waals surface area contributed by atoms with Crippen molar-refractivity contribution >= 4 is 0 Å². The van der Waals surface area contributed by atoms with Gasteiger partial charge in [-0.25, -0.2) is 0 Å². The second kappa shape index (κ2) is 4.56. The highest BCUT2D eigenvalue weighted by atomic mass is 16.3. The Hall–Kier alpha value is -0.860. The zero-order valence-corrected chi connectivity index (χ0v) is 10.2. The molecule has 1 saturated carbocycles. The predicted octanol–water partition coefficient (Wildman–Crippen LogP) is 2.24. The molecule has 0 spiro atoms. The van der Waals surface area contributed by atoms with Gasteiger partial charge >= 0.3 is 0 Å². The van der Waals surface area contributed by atoms with Crippen LogP contribution in [0.5, 0.6) is 0 Å². The Morgan fingerprint density at radius 1 is 1.31 bits per heavy atom. The summed E-state index contributed by atoms with van der Waals surface area (Å²) in [6.07, 6.45) is 3.16. The van der Waals surface area contributed by atoms with Crippen molar-refractivity contribution in [1.82, 2.24) is 4.90 Å². The van der Waals surface area contributed by atoms with Crippen LogP contribution in [0.15, 0.2) is 30.3 Å². The molecular formula is C14H21NO. The largest absolute Gasteiger partial charge is 0.385 e. The Balaban J connectivity index is 2.23. The summed E-state index contributed by atoms with van der Waals surface area (Å²) in [5.41, 5.74) is 0.477. The number of nitrogens with zero attached hydrogens (tertiary/aromatic N) is 1. The van der Waals surface area contributed by atoms with Crippen LogP contribution in [0.4, 0.5) is 0 Å². The monoisotopic (exact) mass is 219 g/mol. The Labute approximate surface area is 97.9 Å². The van der Waals surface area contributed by atoms with Crippen LogP contribution in [0, 0.1) is 5.92 Å². The lowest BCUT2D eigenvalue weighted by atomic mass is 9.83. The molecule has 1 aliphatic rings. The Bertz CT molecular complexity index is 336. The maximum Gasteiger partial charge on any atom is 0.0936 e. The first-order valence-electron chi connectivity index (χ1n) is 6.05. The van der Waals surface area contributed by atoms with Crippen LogP contribution >= 0.6 is 0 Å². The van der Waals surface area contributed by atoms with Crippen molar-refractivity contribution in [1.29, 1.82) is 0 Å². The molecule has 88 valence electrons. The van der Waals surface area contributed by atoms with Crippen molar-refractivity contribution in [3.8, 4) is 0 Å². The number of hydrogen-bond acceptors (Lipinski definition) is 2. The zero-order valence-electron chi connectivity index (χ0n) is 10.2. The Morgan fingerprint density at radius 3 is 2.62 bits per heavy atom. The summed E-state index contributed by atoms with van der Waals surface area (Å²) in [7, 11) is 4.15. The standard InChI is InChI=1S/C14H21NO/c1-15(2)11-13-9-6-10-14(13,16)12-7-4-3-5-8-12/h3-5,7-8,13,16H,6,9-11H2,1-2H3. The minimum atomic E-state index is -0.606. The van der Waals surface area contributed by atoms with Crippen molar-refractivity contribution in [2.24, 2.45) is 5.92 Å². The smallest absolute Gasteiger partial charge is 0.0936 e. The van der Waals surface area contributed by atoms with Gasteiger partial charge in [0.1, 0.15) is 0 Å². The number of aliphatic hydroxyl groups is 1. The summed E-state index contributed by atoms with van der Waals surface area (Å²) in [5.74, 6) is 0.366. The third-order valence-electron chi connectivity index (χ3n) is 3.65. The zero-order chi connectivity index (χ0) is 11.6. The molecule has 1 aromatic rings. The molecule has 0 bridgehead atoms. The molecule has 16 heavy (non-hydrogen) atoms. The van der Waals surface area contributed by atoms with E-state index in [1.165, 1.54) is 0 Å². The van der Waals surface area contributed by atoms with Crippen LogP contribution in [0.3, 0.4) is 0 Å². The highest BCUT2D eigenvalue weighted by Crippen LogP contribution is 2.43. The van der Waals surface area contributed by atoms with E-state index in [1.54, 1.807) is 0 Å². The molecule has 0 aromatic heterocycles. The minimum Gasteiger partial charge on any atom is -0.385 e. The number of rotatable bonds is 3. The number of hydrogen-bond donors (Lipinski definition) is 1. The first-order chi connectivity index (χ1) is 7.63. The van der Waals surface area contributed by atoms with Gasteiger partial charge in [-0.1, -0.05) is 30.3 Å². The molecule has 0 saturated heterocycles. The molecule has 1 fully saturated rings. The Morgan fingerprint density at radius 2 is 2.00 bits per heavy atom. The average Bonchev–Trinajstić information content (AvgIpc) is 2.62. The molecule has 2 rings (SSSR count). The summed E-state index contributed by atoms with van der Waals surface area (Å²) in [6, 6.07) is 10.1. The van der Waals surface area contributed by atoms with E-state index in [0.29, 0.717) is 5.92 Å². The SMILES string of the molecule is CN(C)CC1CCCC1(O)c1ccccc1. The van der Waals surface area contributed by atoms with Crippen molar-refractivity contribution in [3.05, 3.63) is 35.9 Å². The molecule has 2 nitrogen and oxygen atoms in total. The molecule has 0 radical (unpaired) electrons. The van der Waals surface area contributed by atoms with Gasteiger partial charge in [-0.05, 0) is 38.9 Å². The highest BCUT2D eigenvalue weighted by molar-refractivity contribution is 5.24. The summed E-state index contributed by atoms with van der Waals surface area (Å²) in [4.78, 5) is 2.17. The van der Waals surface area contributed by atoms with Gasteiger partial charge in [0.05, 0.1) is 5.60 Å². The van der Waals surface area contributed by atoms with Gasteiger partial charge in [-0.3, -0.25) is 0 Å². The van der Waals surface area contributed by atoms with Gasteiger partial charge in [0.2, 0.25) is 0 Å². The van der Waals surface area contributed by atoms with Gasteiger partial charge in [0, 0.05) is 12.5 Å². The first kappa shape index (κ1) is 11.6. The lowest BCUT2D eigenvalue weighted by molar-refractivity contribution is -0.0110. The van der Waals surface area contributed by atoms with Crippen molar-refractivity contribution in [2.75, 3.05) is 20.6 Å². The van der Waals surface area contributed by atoms with E-state index in [0.717, 1.165) is 31.4 Å². The molecule has 1 N–H and O–H groups in total. The second-order valence-corrected chi connectivity index (χ2v) is 5.14. The fourth-order valence-electron chi connectivity index (χ4n) is 2.85. The second-order valence-electron chi connectivity index (χ2n) is 5.14. The number of benzene rings is 1. The molecule has 0 heterocycles. The molecule has 2 heteroatoms. The van der Waals surface area contributed by atoms with Crippen LogP contribution < -0.4 is 0 Å². The average molecular weight is 219 g/mol. The van der Waals surface area contributed by atoms with Gasteiger partial charge in [0.15, 0.2) is 0 Å². The Kier molecular flexibility index (Phi) is 3.31. The maximum absolute atomic E-state index is 10.8. The van der Waals surface area contributed by atoms with Gasteiger partial charge < -0.3 is 10.0 Å². The fraction of sp³-hybridized carbons (Fsp3) is 0.571. The van der Waals surface area contributed by atoms with E-state index in [9.17, 15) is 5.11 Å². The van der Waals surface area contributed by atoms with Crippen molar-refractivity contribution in [2.45, 2.75) is 24.9 Å². The van der Waals surface area contributed by atoms with Gasteiger partial charge in [-0.15, -0.1) is 0 Å². The summed E-state index contributed by atoms with van der Waals surface area (Å²) < 4.78 is 0. The van der Waals surface area contributed by atoms with E-state index >= 15 is 0 Å². The molecule has 1 aromatic carbocycles. The fourth-order valence-corrected chi connectivity index (χ4v) is 2.85. The van der Waals surface area contributed by atoms with Crippen molar-refractivity contribution < 1.29 is 5.11 Å². The van der Waals surface area contributed by atoms with E-state index in [4.69, 9.17) is 0 Å². The van der Waals surface area contributed by atoms with Crippen LogP contribution in [0.1, 0.15) is 24.8 Å². The first-order valence-corrected chi connectivity index (χ1v) is 6.05. The lowest BCUT2D eigenvalue weighted by Gasteiger charge is -2.32. The molecule has 1 aliphatic carbocycles. The predicted molar refractivity (Wildman–Crippen MR) is 66.2 cm³/mol. The normalized spacial score (nSPS) is 29.9. The third-order valence-corrected chi connectivity index (χ3v) is 3.65. The summed E-state index contributed by atoms with van der Waals surface area (Å²) >= 11 is 0. The molecule has 0 aliphatic heterocycles. The topological polar surface area (TPSA) is 23.5 Å². The van der Waals surface area contributed by atoms with E-state index in [1.807, 2.05) is 30.3 Å². The minimum absolute atomic E-state index is 0.366. The van der Waals surface area contributed by atoms with Crippen LogP contribution in [-0.4, -0.2) is 30.6 Å². The molecule has 0 amide bonds. The molecule has 2 unspecified atom stereocenters. The summed E-state index contributed by atoms with van der Waals surface area (Å²) in [6.45, 7) is 0.964. The summed E-state index contributed by atoms with van der Waals surface area (Å²) in [5, 5.41) is 10.8. The molecular weight excluding hydrogens is 198 g/mol. The lowest BCUT2D eigenvalue weighted by Crippen LogP contribution is -2.36. The highest BCUT2D eigenvalue weighted by Gasteiger charge is 2.42. The van der Waals surface area contributed by atoms with Crippen molar-refractivity contribution in [3.63, 3.8) is 0 Å². The van der Waals surface area contributed by atoms with E-state index < -0.39 is 5.60 Å². The maximum atomic E-state index is 10.8. The van der Waals surface area contributed by atoms with Gasteiger partial charge in [0.25, 0.3) is 0 Å². The van der Waals surface area contributed by atoms with Crippen LogP contribution in [0.25, 0.3) is 0 Å². The van der Waals surface area contributed by atoms with E-state index in [-0.39, 0.29) is 0 Å².